The minimum absolute atomic E-state index is 0.00259. The van der Waals surface area contributed by atoms with Crippen molar-refractivity contribution in [3.8, 4) is 0 Å². The van der Waals surface area contributed by atoms with Gasteiger partial charge in [0.1, 0.15) is 11.5 Å². The lowest BCUT2D eigenvalue weighted by Gasteiger charge is -2.24. The van der Waals surface area contributed by atoms with Crippen molar-refractivity contribution < 1.29 is 14.3 Å². The summed E-state index contributed by atoms with van der Waals surface area (Å²) in [6, 6.07) is 3.88. The first kappa shape index (κ1) is 13.9. The molecule has 1 saturated heterocycles. The van der Waals surface area contributed by atoms with E-state index in [1.807, 2.05) is 24.0 Å². The van der Waals surface area contributed by atoms with Crippen LogP contribution < -0.4 is 0 Å². The summed E-state index contributed by atoms with van der Waals surface area (Å²) >= 11 is 0. The average Bonchev–Trinajstić information content (AvgIpc) is 2.94. The highest BCUT2D eigenvalue weighted by molar-refractivity contribution is 5.91. The summed E-state index contributed by atoms with van der Waals surface area (Å²) in [5.74, 6) is 1.52. The number of rotatable bonds is 4. The fourth-order valence-corrected chi connectivity index (χ4v) is 2.56. The molecule has 0 bridgehead atoms. The summed E-state index contributed by atoms with van der Waals surface area (Å²) in [4.78, 5) is 14.0. The van der Waals surface area contributed by atoms with E-state index in [4.69, 9.17) is 4.42 Å². The first-order chi connectivity index (χ1) is 9.06. The minimum atomic E-state index is -0.366. The number of hydrogen-bond donors (Lipinski definition) is 1. The molecule has 0 aromatic carbocycles. The van der Waals surface area contributed by atoms with Crippen LogP contribution in [0, 0.1) is 6.92 Å². The maximum Gasteiger partial charge on any atom is 0.246 e. The zero-order valence-corrected chi connectivity index (χ0v) is 11.5. The SMILES string of the molecule is Cc1ccc(/C=C/C(=O)N2CCC[C@@H]2C[C@@H](C)O)o1. The highest BCUT2D eigenvalue weighted by atomic mass is 16.3. The topological polar surface area (TPSA) is 53.7 Å². The van der Waals surface area contributed by atoms with Crippen molar-refractivity contribution in [2.24, 2.45) is 0 Å². The molecule has 2 heterocycles. The van der Waals surface area contributed by atoms with Gasteiger partial charge in [0.05, 0.1) is 6.10 Å². The molecule has 0 radical (unpaired) electrons. The van der Waals surface area contributed by atoms with Crippen LogP contribution in [0.1, 0.15) is 37.7 Å². The largest absolute Gasteiger partial charge is 0.462 e. The van der Waals surface area contributed by atoms with Crippen molar-refractivity contribution in [1.82, 2.24) is 4.90 Å². The van der Waals surface area contributed by atoms with E-state index in [-0.39, 0.29) is 18.1 Å². The average molecular weight is 263 g/mol. The number of aliphatic hydroxyl groups is 1. The Morgan fingerprint density at radius 3 is 3.05 bits per heavy atom. The molecule has 0 unspecified atom stereocenters. The quantitative estimate of drug-likeness (QED) is 0.848. The monoisotopic (exact) mass is 263 g/mol. The second-order valence-corrected chi connectivity index (χ2v) is 5.19. The Labute approximate surface area is 113 Å². The third-order valence-electron chi connectivity index (χ3n) is 3.42. The maximum absolute atomic E-state index is 12.1. The van der Waals surface area contributed by atoms with E-state index in [1.54, 1.807) is 19.1 Å². The summed E-state index contributed by atoms with van der Waals surface area (Å²) < 4.78 is 5.39. The predicted octanol–water partition coefficient (Wildman–Crippen LogP) is 2.36. The van der Waals surface area contributed by atoms with Crippen LogP contribution in [-0.4, -0.2) is 34.6 Å². The van der Waals surface area contributed by atoms with E-state index in [1.165, 1.54) is 0 Å². The molecule has 0 spiro atoms. The number of carbonyl (C=O) groups is 1. The molecule has 4 nitrogen and oxygen atoms in total. The van der Waals surface area contributed by atoms with Gasteiger partial charge >= 0.3 is 0 Å². The van der Waals surface area contributed by atoms with Crippen LogP contribution in [0.25, 0.3) is 6.08 Å². The van der Waals surface area contributed by atoms with Crippen molar-refractivity contribution in [2.75, 3.05) is 6.54 Å². The van der Waals surface area contributed by atoms with Gasteiger partial charge in [-0.15, -0.1) is 0 Å². The molecular weight excluding hydrogens is 242 g/mol. The summed E-state index contributed by atoms with van der Waals surface area (Å²) in [6.07, 6.45) is 5.53. The van der Waals surface area contributed by atoms with Gasteiger partial charge in [-0.2, -0.15) is 0 Å². The van der Waals surface area contributed by atoms with Gasteiger partial charge in [-0.05, 0) is 51.3 Å². The van der Waals surface area contributed by atoms with Crippen LogP contribution in [0.5, 0.6) is 0 Å². The Morgan fingerprint density at radius 2 is 2.42 bits per heavy atom. The molecule has 1 aliphatic heterocycles. The molecule has 1 aromatic rings. The number of aryl methyl sites for hydroxylation is 1. The molecular formula is C15H21NO3. The predicted molar refractivity (Wildman–Crippen MR) is 73.5 cm³/mol. The van der Waals surface area contributed by atoms with E-state index in [9.17, 15) is 9.90 Å². The van der Waals surface area contributed by atoms with Gasteiger partial charge in [-0.3, -0.25) is 4.79 Å². The normalized spacial score (nSPS) is 21.2. The molecule has 104 valence electrons. The van der Waals surface area contributed by atoms with E-state index >= 15 is 0 Å². The van der Waals surface area contributed by atoms with E-state index in [0.29, 0.717) is 12.2 Å². The van der Waals surface area contributed by atoms with E-state index < -0.39 is 0 Å². The van der Waals surface area contributed by atoms with Crippen LogP contribution in [0.4, 0.5) is 0 Å². The third kappa shape index (κ3) is 3.70. The van der Waals surface area contributed by atoms with E-state index in [2.05, 4.69) is 0 Å². The van der Waals surface area contributed by atoms with E-state index in [0.717, 1.165) is 25.1 Å². The number of furan rings is 1. The summed E-state index contributed by atoms with van der Waals surface area (Å²) in [5.41, 5.74) is 0. The van der Waals surface area contributed by atoms with Gasteiger partial charge in [0.15, 0.2) is 0 Å². The molecule has 1 fully saturated rings. The lowest BCUT2D eigenvalue weighted by molar-refractivity contribution is -0.127. The smallest absolute Gasteiger partial charge is 0.246 e. The minimum Gasteiger partial charge on any atom is -0.462 e. The molecule has 2 rings (SSSR count). The molecule has 0 aliphatic carbocycles. The highest BCUT2D eigenvalue weighted by Gasteiger charge is 2.28. The number of likely N-dealkylation sites (tertiary alicyclic amines) is 1. The van der Waals surface area contributed by atoms with Crippen molar-refractivity contribution in [1.29, 1.82) is 0 Å². The molecule has 1 amide bonds. The van der Waals surface area contributed by atoms with Crippen LogP contribution in [0.3, 0.4) is 0 Å². The van der Waals surface area contributed by atoms with Gasteiger partial charge in [-0.25, -0.2) is 0 Å². The first-order valence-electron chi connectivity index (χ1n) is 6.79. The molecule has 4 heteroatoms. The highest BCUT2D eigenvalue weighted by Crippen LogP contribution is 2.22. The summed E-state index contributed by atoms with van der Waals surface area (Å²) in [6.45, 7) is 4.42. The van der Waals surface area contributed by atoms with Gasteiger partial charge < -0.3 is 14.4 Å². The van der Waals surface area contributed by atoms with Gasteiger partial charge in [-0.1, -0.05) is 0 Å². The van der Waals surface area contributed by atoms with Gasteiger partial charge in [0.25, 0.3) is 0 Å². The Hall–Kier alpha value is -1.55. The number of carbonyl (C=O) groups excluding carboxylic acids is 1. The lowest BCUT2D eigenvalue weighted by atomic mass is 10.1. The Kier molecular flexibility index (Phi) is 4.43. The standard InChI is InChI=1S/C15H21NO3/c1-11(17)10-13-4-3-9-16(13)15(18)8-7-14-6-5-12(2)19-14/h5-8,11,13,17H,3-4,9-10H2,1-2H3/b8-7+/t11-,13-/m1/s1. The van der Waals surface area contributed by atoms with Crippen LogP contribution in [0.2, 0.25) is 0 Å². The number of nitrogens with zero attached hydrogens (tertiary/aromatic N) is 1. The molecule has 1 aliphatic rings. The maximum atomic E-state index is 12.1. The zero-order chi connectivity index (χ0) is 13.8. The second-order valence-electron chi connectivity index (χ2n) is 5.19. The Bertz CT molecular complexity index is 462. The number of aliphatic hydroxyl groups excluding tert-OH is 1. The van der Waals surface area contributed by atoms with Gasteiger partial charge in [0.2, 0.25) is 5.91 Å². The molecule has 1 N–H and O–H groups in total. The Balaban J connectivity index is 1.97. The molecule has 1 aromatic heterocycles. The number of hydrogen-bond acceptors (Lipinski definition) is 3. The first-order valence-corrected chi connectivity index (χ1v) is 6.79. The Morgan fingerprint density at radius 1 is 1.63 bits per heavy atom. The van der Waals surface area contributed by atoms with Crippen molar-refractivity contribution in [3.63, 3.8) is 0 Å². The summed E-state index contributed by atoms with van der Waals surface area (Å²) in [7, 11) is 0. The molecule has 2 atom stereocenters. The second kappa shape index (κ2) is 6.06. The molecule has 0 saturated carbocycles. The number of amides is 1. The summed E-state index contributed by atoms with van der Waals surface area (Å²) in [5, 5.41) is 9.45. The van der Waals surface area contributed by atoms with Crippen molar-refractivity contribution in [3.05, 3.63) is 29.7 Å². The van der Waals surface area contributed by atoms with Crippen molar-refractivity contribution >= 4 is 12.0 Å². The fraction of sp³-hybridized carbons (Fsp3) is 0.533. The van der Waals surface area contributed by atoms with Crippen molar-refractivity contribution in [2.45, 2.75) is 45.3 Å². The lowest BCUT2D eigenvalue weighted by Crippen LogP contribution is -2.36. The van der Waals surface area contributed by atoms with Crippen LogP contribution in [0.15, 0.2) is 22.6 Å². The van der Waals surface area contributed by atoms with Crippen LogP contribution >= 0.6 is 0 Å². The zero-order valence-electron chi connectivity index (χ0n) is 11.5. The third-order valence-corrected chi connectivity index (χ3v) is 3.42. The van der Waals surface area contributed by atoms with Gasteiger partial charge in [0, 0.05) is 18.7 Å². The molecule has 19 heavy (non-hydrogen) atoms. The van der Waals surface area contributed by atoms with Crippen LogP contribution in [-0.2, 0) is 4.79 Å². The fourth-order valence-electron chi connectivity index (χ4n) is 2.56.